The van der Waals surface area contributed by atoms with E-state index in [1.165, 1.54) is 12.1 Å². The number of halogens is 2. The van der Waals surface area contributed by atoms with Crippen molar-refractivity contribution in [3.8, 4) is 0 Å². The molecule has 4 nitrogen and oxygen atoms in total. The normalized spacial score (nSPS) is 16.1. The Morgan fingerprint density at radius 2 is 2.00 bits per heavy atom. The Morgan fingerprint density at radius 1 is 1.35 bits per heavy atom. The van der Waals surface area contributed by atoms with E-state index in [-0.39, 0.29) is 16.5 Å². The number of hydrogen-bond donors (Lipinski definition) is 1. The first-order valence-corrected chi connectivity index (χ1v) is 6.92. The molecule has 0 aromatic heterocycles. The number of nitrogens with one attached hydrogen (secondary N) is 1. The van der Waals surface area contributed by atoms with Gasteiger partial charge in [0.1, 0.15) is 11.9 Å². The molecule has 0 radical (unpaired) electrons. The van der Waals surface area contributed by atoms with Crippen LogP contribution in [0, 0.1) is 5.82 Å². The molecule has 0 unspecified atom stereocenters. The van der Waals surface area contributed by atoms with Gasteiger partial charge in [0.25, 0.3) is 5.91 Å². The van der Waals surface area contributed by atoms with Crippen LogP contribution in [0.1, 0.15) is 30.1 Å². The van der Waals surface area contributed by atoms with Gasteiger partial charge in [0.05, 0.1) is 10.6 Å². The average Bonchev–Trinajstić information content (AvgIpc) is 2.91. The van der Waals surface area contributed by atoms with Crippen LogP contribution in [0.25, 0.3) is 0 Å². The fourth-order valence-corrected chi connectivity index (χ4v) is 2.51. The number of hydrogen-bond acceptors (Lipinski definition) is 2. The van der Waals surface area contributed by atoms with Crippen LogP contribution >= 0.6 is 11.6 Å². The zero-order valence-electron chi connectivity index (χ0n) is 11.2. The van der Waals surface area contributed by atoms with Crippen molar-refractivity contribution < 1.29 is 14.0 Å². The van der Waals surface area contributed by atoms with E-state index in [1.54, 1.807) is 11.8 Å². The van der Waals surface area contributed by atoms with E-state index in [1.807, 2.05) is 0 Å². The van der Waals surface area contributed by atoms with Crippen molar-refractivity contribution in [1.29, 1.82) is 0 Å². The third kappa shape index (κ3) is 3.10. The summed E-state index contributed by atoms with van der Waals surface area (Å²) in [5.41, 5.74) is -0.227. The first-order chi connectivity index (χ1) is 9.50. The van der Waals surface area contributed by atoms with E-state index in [4.69, 9.17) is 11.6 Å². The van der Waals surface area contributed by atoms with Crippen LogP contribution in [0.4, 0.5) is 4.39 Å². The fraction of sp³-hybridized carbons (Fsp3) is 0.429. The largest absolute Gasteiger partial charge is 0.341 e. The summed E-state index contributed by atoms with van der Waals surface area (Å²) in [4.78, 5) is 25.8. The van der Waals surface area contributed by atoms with Gasteiger partial charge in [-0.05, 0) is 31.9 Å². The summed E-state index contributed by atoms with van der Waals surface area (Å²) in [5, 5.41) is 2.53. The Bertz CT molecular complexity index is 510. The van der Waals surface area contributed by atoms with Crippen molar-refractivity contribution >= 4 is 23.4 Å². The van der Waals surface area contributed by atoms with Crippen molar-refractivity contribution in [2.24, 2.45) is 0 Å². The summed E-state index contributed by atoms with van der Waals surface area (Å²) in [6, 6.07) is 3.32. The zero-order chi connectivity index (χ0) is 14.7. The number of amides is 2. The van der Waals surface area contributed by atoms with Crippen molar-refractivity contribution in [1.82, 2.24) is 10.2 Å². The Labute approximate surface area is 121 Å². The lowest BCUT2D eigenvalue weighted by Gasteiger charge is -2.21. The van der Waals surface area contributed by atoms with Crippen LogP contribution in [0.15, 0.2) is 18.2 Å². The highest BCUT2D eigenvalue weighted by molar-refractivity contribution is 6.33. The fourth-order valence-electron chi connectivity index (χ4n) is 2.26. The molecule has 0 bridgehead atoms. The summed E-state index contributed by atoms with van der Waals surface area (Å²) in [6.07, 6.45) is 1.96. The van der Waals surface area contributed by atoms with Gasteiger partial charge in [0.15, 0.2) is 0 Å². The number of nitrogens with zero attached hydrogens (tertiary/aromatic N) is 1. The molecule has 6 heteroatoms. The Kier molecular flexibility index (Phi) is 4.60. The lowest BCUT2D eigenvalue weighted by Crippen LogP contribution is -2.46. The van der Waals surface area contributed by atoms with E-state index in [0.717, 1.165) is 18.9 Å². The van der Waals surface area contributed by atoms with Crippen LogP contribution in [0.2, 0.25) is 5.02 Å². The second-order valence-corrected chi connectivity index (χ2v) is 5.23. The lowest BCUT2D eigenvalue weighted by molar-refractivity contribution is -0.131. The molecular weight excluding hydrogens is 283 g/mol. The maximum Gasteiger partial charge on any atom is 0.256 e. The minimum atomic E-state index is -0.698. The Balaban J connectivity index is 2.05. The molecule has 1 atom stereocenters. The third-order valence-electron chi connectivity index (χ3n) is 3.33. The predicted octanol–water partition coefficient (Wildman–Crippen LogP) is 2.22. The minimum absolute atomic E-state index is 0.0309. The van der Waals surface area contributed by atoms with Crippen molar-refractivity contribution in [3.63, 3.8) is 0 Å². The molecule has 1 saturated heterocycles. The quantitative estimate of drug-likeness (QED) is 0.930. The molecular formula is C14H16ClFN2O2. The number of carbonyl (C=O) groups is 2. The molecule has 1 aliphatic heterocycles. The number of rotatable bonds is 3. The van der Waals surface area contributed by atoms with E-state index in [0.29, 0.717) is 13.1 Å². The molecule has 0 spiro atoms. The molecule has 1 aromatic rings. The van der Waals surface area contributed by atoms with Gasteiger partial charge >= 0.3 is 0 Å². The number of carbonyl (C=O) groups excluding carboxylic acids is 2. The van der Waals surface area contributed by atoms with E-state index >= 15 is 0 Å². The van der Waals surface area contributed by atoms with Gasteiger partial charge in [-0.3, -0.25) is 9.59 Å². The predicted molar refractivity (Wildman–Crippen MR) is 74.2 cm³/mol. The highest BCUT2D eigenvalue weighted by Crippen LogP contribution is 2.19. The standard InChI is InChI=1S/C14H16ClFN2O2/c1-9(14(20)18-7-2-3-8-18)17-13(19)12-10(15)5-4-6-11(12)16/h4-6,9H,2-3,7-8H2,1H3,(H,17,19)/t9-/m0/s1. The third-order valence-corrected chi connectivity index (χ3v) is 3.64. The monoisotopic (exact) mass is 298 g/mol. The molecule has 2 rings (SSSR count). The number of likely N-dealkylation sites (tertiary alicyclic amines) is 1. The van der Waals surface area contributed by atoms with Crippen LogP contribution in [0.5, 0.6) is 0 Å². The van der Waals surface area contributed by atoms with Crippen LogP contribution < -0.4 is 5.32 Å². The maximum atomic E-state index is 13.6. The minimum Gasteiger partial charge on any atom is -0.341 e. The molecule has 1 heterocycles. The maximum absolute atomic E-state index is 13.6. The lowest BCUT2D eigenvalue weighted by atomic mass is 10.1. The van der Waals surface area contributed by atoms with Gasteiger partial charge in [0.2, 0.25) is 5.91 Å². The van der Waals surface area contributed by atoms with Crippen molar-refractivity contribution in [2.75, 3.05) is 13.1 Å². The second kappa shape index (κ2) is 6.22. The van der Waals surface area contributed by atoms with Crippen molar-refractivity contribution in [3.05, 3.63) is 34.6 Å². The summed E-state index contributed by atoms with van der Waals surface area (Å²) >= 11 is 5.82. The van der Waals surface area contributed by atoms with Gasteiger partial charge in [0, 0.05) is 13.1 Å². The van der Waals surface area contributed by atoms with E-state index in [2.05, 4.69) is 5.32 Å². The molecule has 2 amide bonds. The summed E-state index contributed by atoms with van der Waals surface area (Å²) in [5.74, 6) is -1.52. The first-order valence-electron chi connectivity index (χ1n) is 6.54. The van der Waals surface area contributed by atoms with Crippen molar-refractivity contribution in [2.45, 2.75) is 25.8 Å². The van der Waals surface area contributed by atoms with E-state index < -0.39 is 17.8 Å². The summed E-state index contributed by atoms with van der Waals surface area (Å²) < 4.78 is 13.6. The first kappa shape index (κ1) is 14.8. The molecule has 1 aliphatic rings. The molecule has 0 saturated carbocycles. The van der Waals surface area contributed by atoms with Gasteiger partial charge in [-0.2, -0.15) is 0 Å². The van der Waals surface area contributed by atoms with Gasteiger partial charge in [-0.15, -0.1) is 0 Å². The Hall–Kier alpha value is -1.62. The molecule has 1 fully saturated rings. The molecule has 0 aliphatic carbocycles. The Morgan fingerprint density at radius 3 is 2.60 bits per heavy atom. The summed E-state index contributed by atoms with van der Waals surface area (Å²) in [7, 11) is 0. The number of benzene rings is 1. The van der Waals surface area contributed by atoms with Gasteiger partial charge in [-0.25, -0.2) is 4.39 Å². The SMILES string of the molecule is C[C@H](NC(=O)c1c(F)cccc1Cl)C(=O)N1CCCC1. The van der Waals surface area contributed by atoms with Crippen LogP contribution in [-0.4, -0.2) is 35.8 Å². The smallest absolute Gasteiger partial charge is 0.256 e. The average molecular weight is 299 g/mol. The van der Waals surface area contributed by atoms with E-state index in [9.17, 15) is 14.0 Å². The second-order valence-electron chi connectivity index (χ2n) is 4.82. The highest BCUT2D eigenvalue weighted by Gasteiger charge is 2.26. The summed E-state index contributed by atoms with van der Waals surface area (Å²) in [6.45, 7) is 3.01. The highest BCUT2D eigenvalue weighted by atomic mass is 35.5. The van der Waals surface area contributed by atoms with Gasteiger partial charge < -0.3 is 10.2 Å². The van der Waals surface area contributed by atoms with Crippen LogP contribution in [0.3, 0.4) is 0 Å². The van der Waals surface area contributed by atoms with Gasteiger partial charge in [-0.1, -0.05) is 17.7 Å². The van der Waals surface area contributed by atoms with Crippen LogP contribution in [-0.2, 0) is 4.79 Å². The molecule has 1 N–H and O–H groups in total. The molecule has 20 heavy (non-hydrogen) atoms. The molecule has 1 aromatic carbocycles. The zero-order valence-corrected chi connectivity index (χ0v) is 11.9. The molecule has 108 valence electrons. The topological polar surface area (TPSA) is 49.4 Å².